The first kappa shape index (κ1) is 24.2. The molecule has 2 aromatic heterocycles. The molecule has 0 saturated carbocycles. The summed E-state index contributed by atoms with van der Waals surface area (Å²) in [5, 5.41) is 0. The molecule has 0 radical (unpaired) electrons. The highest BCUT2D eigenvalue weighted by Crippen LogP contribution is 2.30. The molecule has 0 bridgehead atoms. The number of thiazole rings is 1. The Morgan fingerprint density at radius 1 is 0.973 bits per heavy atom. The molecule has 37 heavy (non-hydrogen) atoms. The van der Waals surface area contributed by atoms with Crippen LogP contribution >= 0.6 is 11.3 Å². The topological polar surface area (TPSA) is 100 Å². The largest absolute Gasteiger partial charge is 0.466 e. The first-order chi connectivity index (χ1) is 17.9. The number of hydrogen-bond acceptors (Lipinski definition) is 8. The Morgan fingerprint density at radius 2 is 1.68 bits per heavy atom. The maximum atomic E-state index is 13.6. The van der Waals surface area contributed by atoms with Gasteiger partial charge in [0.25, 0.3) is 5.56 Å². The molecule has 1 unspecified atom stereocenters. The molecule has 2 aromatic carbocycles. The Balaban J connectivity index is 1.57. The normalized spacial score (nSPS) is 15.2. The zero-order chi connectivity index (χ0) is 26.1. The minimum atomic E-state index is -0.660. The lowest BCUT2D eigenvalue weighted by Gasteiger charge is -2.24. The summed E-state index contributed by atoms with van der Waals surface area (Å²) < 4.78 is 17.7. The number of ether oxygens (including phenoxy) is 2. The maximum absolute atomic E-state index is 13.6. The number of carbonyl (C=O) groups is 2. The van der Waals surface area contributed by atoms with Crippen molar-refractivity contribution in [3.63, 3.8) is 0 Å². The van der Waals surface area contributed by atoms with E-state index in [2.05, 4.69) is 4.99 Å². The second-order valence-corrected chi connectivity index (χ2v) is 9.26. The van der Waals surface area contributed by atoms with Gasteiger partial charge in [0.1, 0.15) is 11.5 Å². The number of aromatic nitrogens is 1. The van der Waals surface area contributed by atoms with Crippen LogP contribution in [-0.2, 0) is 14.3 Å². The summed E-state index contributed by atoms with van der Waals surface area (Å²) in [6, 6.07) is 19.1. The average molecular weight is 515 g/mol. The summed E-state index contributed by atoms with van der Waals surface area (Å²) in [5.41, 5.74) is 2.53. The van der Waals surface area contributed by atoms with E-state index >= 15 is 0 Å². The number of nitrogens with zero attached hydrogens (tertiary/aromatic N) is 2. The van der Waals surface area contributed by atoms with E-state index in [1.54, 1.807) is 49.4 Å². The molecule has 0 spiro atoms. The molecule has 0 aliphatic carbocycles. The quantitative estimate of drug-likeness (QED) is 0.378. The smallest absolute Gasteiger partial charge is 0.338 e. The third-order valence-corrected chi connectivity index (χ3v) is 7.02. The molecular weight excluding hydrogens is 492 g/mol. The number of furan rings is 1. The van der Waals surface area contributed by atoms with Crippen LogP contribution in [0.1, 0.15) is 34.6 Å². The molecule has 4 aromatic rings. The molecule has 9 heteroatoms. The minimum absolute atomic E-state index is 0.285. The van der Waals surface area contributed by atoms with Gasteiger partial charge in [0.2, 0.25) is 0 Å². The summed E-state index contributed by atoms with van der Waals surface area (Å²) >= 11 is 1.22. The van der Waals surface area contributed by atoms with Crippen molar-refractivity contribution in [3.05, 3.63) is 115 Å². The Labute approximate surface area is 215 Å². The van der Waals surface area contributed by atoms with E-state index in [4.69, 9.17) is 13.9 Å². The monoisotopic (exact) mass is 514 g/mol. The number of benzene rings is 2. The third kappa shape index (κ3) is 4.45. The molecule has 1 aliphatic rings. The molecule has 186 valence electrons. The van der Waals surface area contributed by atoms with E-state index in [1.165, 1.54) is 30.1 Å². The van der Waals surface area contributed by atoms with Gasteiger partial charge in [-0.05, 0) is 36.8 Å². The van der Waals surface area contributed by atoms with Crippen molar-refractivity contribution >= 4 is 29.4 Å². The fraction of sp³-hybridized carbons (Fsp3) is 0.143. The summed E-state index contributed by atoms with van der Waals surface area (Å²) in [4.78, 5) is 43.0. The third-order valence-electron chi connectivity index (χ3n) is 6.03. The summed E-state index contributed by atoms with van der Waals surface area (Å²) in [6.07, 6.45) is 1.66. The van der Waals surface area contributed by atoms with Crippen molar-refractivity contribution in [2.24, 2.45) is 4.99 Å². The number of hydrogen-bond donors (Lipinski definition) is 0. The number of rotatable bonds is 5. The van der Waals surface area contributed by atoms with Crippen LogP contribution in [0.25, 0.3) is 17.4 Å². The van der Waals surface area contributed by atoms with Crippen LogP contribution in [0.4, 0.5) is 0 Å². The molecule has 8 nitrogen and oxygen atoms in total. The summed E-state index contributed by atoms with van der Waals surface area (Å²) in [7, 11) is 2.64. The molecular formula is C28H22N2O6S. The Hall–Kier alpha value is -4.50. The Morgan fingerprint density at radius 3 is 2.35 bits per heavy atom. The average Bonchev–Trinajstić information content (AvgIpc) is 3.52. The van der Waals surface area contributed by atoms with Crippen LogP contribution in [0, 0.1) is 0 Å². The van der Waals surface area contributed by atoms with Gasteiger partial charge in [-0.1, -0.05) is 53.8 Å². The van der Waals surface area contributed by atoms with E-state index in [-0.39, 0.29) is 5.56 Å². The SMILES string of the molecule is COC(=O)C1=C(C)N=c2sc(=Cc3ccc(-c4ccc(C(=O)OC)cc4)o3)c(=O)n2C1c1ccccc1. The second kappa shape index (κ2) is 9.87. The number of methoxy groups -OCH3 is 2. The Kier molecular flexibility index (Phi) is 6.45. The lowest BCUT2D eigenvalue weighted by Crippen LogP contribution is -2.39. The van der Waals surface area contributed by atoms with Gasteiger partial charge in [-0.2, -0.15) is 0 Å². The van der Waals surface area contributed by atoms with Gasteiger partial charge in [0, 0.05) is 11.6 Å². The zero-order valence-corrected chi connectivity index (χ0v) is 21.1. The van der Waals surface area contributed by atoms with E-state index < -0.39 is 18.0 Å². The summed E-state index contributed by atoms with van der Waals surface area (Å²) in [5.74, 6) is 0.124. The first-order valence-electron chi connectivity index (χ1n) is 11.4. The van der Waals surface area contributed by atoms with Crippen LogP contribution in [0.3, 0.4) is 0 Å². The highest BCUT2D eigenvalue weighted by Gasteiger charge is 2.32. The van der Waals surface area contributed by atoms with Crippen LogP contribution < -0.4 is 14.9 Å². The lowest BCUT2D eigenvalue weighted by molar-refractivity contribution is -0.136. The van der Waals surface area contributed by atoms with Gasteiger partial charge < -0.3 is 13.9 Å². The van der Waals surface area contributed by atoms with Crippen molar-refractivity contribution in [1.82, 2.24) is 4.57 Å². The molecule has 0 saturated heterocycles. The van der Waals surface area contributed by atoms with Crippen molar-refractivity contribution in [2.45, 2.75) is 13.0 Å². The van der Waals surface area contributed by atoms with Crippen LogP contribution in [0.5, 0.6) is 0 Å². The maximum Gasteiger partial charge on any atom is 0.338 e. The lowest BCUT2D eigenvalue weighted by atomic mass is 9.96. The minimum Gasteiger partial charge on any atom is -0.466 e. The van der Waals surface area contributed by atoms with Crippen molar-refractivity contribution in [2.75, 3.05) is 14.2 Å². The number of carbonyl (C=O) groups excluding carboxylic acids is 2. The van der Waals surface area contributed by atoms with Crippen molar-refractivity contribution < 1.29 is 23.5 Å². The summed E-state index contributed by atoms with van der Waals surface area (Å²) in [6.45, 7) is 1.74. The van der Waals surface area contributed by atoms with Gasteiger partial charge in [-0.15, -0.1) is 0 Å². The fourth-order valence-electron chi connectivity index (χ4n) is 4.25. The van der Waals surface area contributed by atoms with Gasteiger partial charge in [0.15, 0.2) is 4.80 Å². The van der Waals surface area contributed by atoms with E-state index in [1.807, 2.05) is 30.3 Å². The van der Waals surface area contributed by atoms with Gasteiger partial charge in [0.05, 0.1) is 41.6 Å². The number of fused-ring (bicyclic) bond motifs is 1. The Bertz CT molecular complexity index is 1710. The molecule has 3 heterocycles. The highest BCUT2D eigenvalue weighted by atomic mass is 32.1. The van der Waals surface area contributed by atoms with Crippen LogP contribution in [0.2, 0.25) is 0 Å². The number of allylic oxidation sites excluding steroid dienone is 1. The van der Waals surface area contributed by atoms with Crippen LogP contribution in [-0.4, -0.2) is 30.7 Å². The van der Waals surface area contributed by atoms with Gasteiger partial charge >= 0.3 is 11.9 Å². The zero-order valence-electron chi connectivity index (χ0n) is 20.3. The van der Waals surface area contributed by atoms with E-state index in [0.29, 0.717) is 37.7 Å². The molecule has 0 fully saturated rings. The fourth-order valence-corrected chi connectivity index (χ4v) is 5.27. The predicted molar refractivity (Wildman–Crippen MR) is 138 cm³/mol. The van der Waals surface area contributed by atoms with Gasteiger partial charge in [-0.3, -0.25) is 9.36 Å². The standard InChI is InChI=1S/C28H22N2O6S/c1-16-23(27(33)35-3)24(18-7-5-4-6-8-18)30-25(31)22(37-28(30)29-16)15-20-13-14-21(36-20)17-9-11-19(12-10-17)26(32)34-2/h4-15,24H,1-3H3. The predicted octanol–water partition coefficient (Wildman–Crippen LogP) is 3.45. The molecule has 1 atom stereocenters. The first-order valence-corrected chi connectivity index (χ1v) is 12.2. The van der Waals surface area contributed by atoms with Gasteiger partial charge in [-0.25, -0.2) is 14.6 Å². The highest BCUT2D eigenvalue weighted by molar-refractivity contribution is 7.07. The molecule has 5 rings (SSSR count). The van der Waals surface area contributed by atoms with Crippen LogP contribution in [0.15, 0.2) is 92.2 Å². The van der Waals surface area contributed by atoms with E-state index in [9.17, 15) is 14.4 Å². The van der Waals surface area contributed by atoms with Crippen molar-refractivity contribution in [3.8, 4) is 11.3 Å². The number of esters is 2. The second-order valence-electron chi connectivity index (χ2n) is 8.26. The molecule has 1 aliphatic heterocycles. The van der Waals surface area contributed by atoms with Crippen molar-refractivity contribution in [1.29, 1.82) is 0 Å². The molecule has 0 N–H and O–H groups in total. The molecule has 0 amide bonds. The van der Waals surface area contributed by atoms with E-state index in [0.717, 1.165) is 11.1 Å².